The standard InChI is InChI=1S/C14H23NO4S/c1-10(16)9-15-20(17,18)13-8-11(14(2,3)4)6-7-12(13)19-5/h6-8,10,15-16H,9H2,1-5H3. The van der Waals surface area contributed by atoms with Crippen molar-refractivity contribution in [2.75, 3.05) is 13.7 Å². The SMILES string of the molecule is COc1ccc(C(C)(C)C)cc1S(=O)(=O)NCC(C)O. The summed E-state index contributed by atoms with van der Waals surface area (Å²) in [6.45, 7) is 7.51. The zero-order valence-electron chi connectivity index (χ0n) is 12.6. The van der Waals surface area contributed by atoms with Gasteiger partial charge in [0.2, 0.25) is 10.0 Å². The predicted octanol–water partition coefficient (Wildman–Crippen LogP) is 1.65. The Balaban J connectivity index is 3.27. The second-order valence-corrected chi connectivity index (χ2v) is 7.55. The fraction of sp³-hybridized carbons (Fsp3) is 0.571. The third-order valence-corrected chi connectivity index (χ3v) is 4.33. The van der Waals surface area contributed by atoms with E-state index < -0.39 is 16.1 Å². The molecule has 5 nitrogen and oxygen atoms in total. The van der Waals surface area contributed by atoms with Gasteiger partial charge in [-0.3, -0.25) is 0 Å². The number of hydrogen-bond acceptors (Lipinski definition) is 4. The Morgan fingerprint density at radius 3 is 2.40 bits per heavy atom. The van der Waals surface area contributed by atoms with E-state index in [-0.39, 0.29) is 22.6 Å². The second kappa shape index (κ2) is 6.11. The lowest BCUT2D eigenvalue weighted by atomic mass is 9.87. The van der Waals surface area contributed by atoms with Gasteiger partial charge in [0.25, 0.3) is 0 Å². The Morgan fingerprint density at radius 2 is 1.95 bits per heavy atom. The molecule has 6 heteroatoms. The fourth-order valence-corrected chi connectivity index (χ4v) is 2.98. The number of hydrogen-bond donors (Lipinski definition) is 2. The lowest BCUT2D eigenvalue weighted by Crippen LogP contribution is -2.31. The maximum atomic E-state index is 12.3. The van der Waals surface area contributed by atoms with Crippen LogP contribution in [0.2, 0.25) is 0 Å². The minimum atomic E-state index is -3.72. The number of sulfonamides is 1. The summed E-state index contributed by atoms with van der Waals surface area (Å²) in [6, 6.07) is 5.12. The molecule has 0 heterocycles. The fourth-order valence-electron chi connectivity index (χ4n) is 1.66. The number of aliphatic hydroxyl groups is 1. The molecular weight excluding hydrogens is 278 g/mol. The molecule has 2 N–H and O–H groups in total. The molecule has 114 valence electrons. The highest BCUT2D eigenvalue weighted by Crippen LogP contribution is 2.30. The van der Waals surface area contributed by atoms with Gasteiger partial charge < -0.3 is 9.84 Å². The van der Waals surface area contributed by atoms with Gasteiger partial charge >= 0.3 is 0 Å². The Bertz CT molecular complexity index is 559. The number of benzene rings is 1. The molecule has 0 radical (unpaired) electrons. The van der Waals surface area contributed by atoms with Crippen LogP contribution in [0.1, 0.15) is 33.3 Å². The van der Waals surface area contributed by atoms with Gasteiger partial charge in [-0.05, 0) is 30.0 Å². The molecule has 0 bridgehead atoms. The average Bonchev–Trinajstić information content (AvgIpc) is 2.34. The summed E-state index contributed by atoms with van der Waals surface area (Å²) in [5.74, 6) is 0.288. The zero-order chi connectivity index (χ0) is 15.6. The minimum absolute atomic E-state index is 0.0365. The molecular formula is C14H23NO4S. The molecule has 1 aromatic carbocycles. The minimum Gasteiger partial charge on any atom is -0.495 e. The Kier molecular flexibility index (Phi) is 5.18. The van der Waals surface area contributed by atoms with Crippen molar-refractivity contribution in [2.24, 2.45) is 0 Å². The third kappa shape index (κ3) is 4.19. The molecule has 1 aromatic rings. The molecule has 0 fully saturated rings. The van der Waals surface area contributed by atoms with Gasteiger partial charge in [-0.2, -0.15) is 0 Å². The summed E-state index contributed by atoms with van der Waals surface area (Å²) >= 11 is 0. The quantitative estimate of drug-likeness (QED) is 0.867. The van der Waals surface area contributed by atoms with E-state index in [1.165, 1.54) is 14.0 Å². The smallest absolute Gasteiger partial charge is 0.244 e. The highest BCUT2D eigenvalue weighted by Gasteiger charge is 2.23. The number of ether oxygens (including phenoxy) is 1. The van der Waals surface area contributed by atoms with Gasteiger partial charge in [0.15, 0.2) is 0 Å². The summed E-state index contributed by atoms with van der Waals surface area (Å²) in [7, 11) is -2.29. The van der Waals surface area contributed by atoms with Gasteiger partial charge in [-0.25, -0.2) is 13.1 Å². The van der Waals surface area contributed by atoms with Crippen molar-refractivity contribution in [3.8, 4) is 5.75 Å². The van der Waals surface area contributed by atoms with E-state index in [0.29, 0.717) is 0 Å². The van der Waals surface area contributed by atoms with Crippen molar-refractivity contribution in [2.45, 2.75) is 44.1 Å². The number of aliphatic hydroxyl groups excluding tert-OH is 1. The van der Waals surface area contributed by atoms with Crippen LogP contribution in [0.25, 0.3) is 0 Å². The van der Waals surface area contributed by atoms with Gasteiger partial charge in [0, 0.05) is 6.54 Å². The van der Waals surface area contributed by atoms with Crippen LogP contribution in [-0.4, -0.2) is 33.3 Å². The van der Waals surface area contributed by atoms with Gasteiger partial charge in [0.05, 0.1) is 13.2 Å². The highest BCUT2D eigenvalue weighted by atomic mass is 32.2. The van der Waals surface area contributed by atoms with Crippen LogP contribution in [0, 0.1) is 0 Å². The monoisotopic (exact) mass is 301 g/mol. The van der Waals surface area contributed by atoms with Gasteiger partial charge in [-0.1, -0.05) is 26.8 Å². The maximum absolute atomic E-state index is 12.3. The molecule has 1 unspecified atom stereocenters. The lowest BCUT2D eigenvalue weighted by molar-refractivity contribution is 0.198. The van der Waals surface area contributed by atoms with Gasteiger partial charge in [-0.15, -0.1) is 0 Å². The number of rotatable bonds is 5. The summed E-state index contributed by atoms with van der Waals surface area (Å²) < 4.78 is 32.1. The van der Waals surface area contributed by atoms with Gasteiger partial charge in [0.1, 0.15) is 10.6 Å². The van der Waals surface area contributed by atoms with Crippen LogP contribution in [0.4, 0.5) is 0 Å². The van der Waals surface area contributed by atoms with Crippen LogP contribution < -0.4 is 9.46 Å². The first-order valence-electron chi connectivity index (χ1n) is 6.44. The first kappa shape index (κ1) is 16.9. The Morgan fingerprint density at radius 1 is 1.35 bits per heavy atom. The molecule has 0 saturated heterocycles. The van der Waals surface area contributed by atoms with Crippen molar-refractivity contribution >= 4 is 10.0 Å². The van der Waals surface area contributed by atoms with Crippen LogP contribution in [0.3, 0.4) is 0 Å². The molecule has 0 amide bonds. The average molecular weight is 301 g/mol. The first-order valence-corrected chi connectivity index (χ1v) is 7.92. The van der Waals surface area contributed by atoms with Crippen LogP contribution in [0.5, 0.6) is 5.75 Å². The molecule has 0 aliphatic carbocycles. The molecule has 0 aromatic heterocycles. The van der Waals surface area contributed by atoms with E-state index in [4.69, 9.17) is 4.74 Å². The molecule has 0 spiro atoms. The van der Waals surface area contributed by atoms with Crippen molar-refractivity contribution in [3.63, 3.8) is 0 Å². The summed E-state index contributed by atoms with van der Waals surface area (Å²) in [5.41, 5.74) is 0.733. The Labute approximate surface area is 121 Å². The second-order valence-electron chi connectivity index (χ2n) is 5.82. The van der Waals surface area contributed by atoms with E-state index in [0.717, 1.165) is 5.56 Å². The molecule has 0 saturated carbocycles. The van der Waals surface area contributed by atoms with E-state index in [2.05, 4.69) is 4.72 Å². The van der Waals surface area contributed by atoms with Crippen LogP contribution in [0.15, 0.2) is 23.1 Å². The third-order valence-electron chi connectivity index (χ3n) is 2.89. The van der Waals surface area contributed by atoms with E-state index in [9.17, 15) is 13.5 Å². The molecule has 0 aliphatic rings. The lowest BCUT2D eigenvalue weighted by Gasteiger charge is -2.21. The topological polar surface area (TPSA) is 75.6 Å². The Hall–Kier alpha value is -1.11. The summed E-state index contributed by atoms with van der Waals surface area (Å²) in [6.07, 6.45) is -0.749. The van der Waals surface area contributed by atoms with Crippen LogP contribution in [-0.2, 0) is 15.4 Å². The summed E-state index contributed by atoms with van der Waals surface area (Å²) in [5, 5.41) is 9.21. The van der Waals surface area contributed by atoms with Crippen molar-refractivity contribution in [1.82, 2.24) is 4.72 Å². The molecule has 1 rings (SSSR count). The molecule has 1 atom stereocenters. The summed E-state index contributed by atoms with van der Waals surface area (Å²) in [4.78, 5) is 0.0908. The highest BCUT2D eigenvalue weighted by molar-refractivity contribution is 7.89. The van der Waals surface area contributed by atoms with Crippen molar-refractivity contribution in [1.29, 1.82) is 0 Å². The molecule has 0 aliphatic heterocycles. The van der Waals surface area contributed by atoms with Crippen LogP contribution >= 0.6 is 0 Å². The predicted molar refractivity (Wildman–Crippen MR) is 78.6 cm³/mol. The zero-order valence-corrected chi connectivity index (χ0v) is 13.4. The molecule has 20 heavy (non-hydrogen) atoms. The normalized spacial score (nSPS) is 14.1. The van der Waals surface area contributed by atoms with E-state index in [1.807, 2.05) is 26.8 Å². The number of nitrogens with one attached hydrogen (secondary N) is 1. The largest absolute Gasteiger partial charge is 0.495 e. The van der Waals surface area contributed by atoms with E-state index >= 15 is 0 Å². The van der Waals surface area contributed by atoms with Crippen molar-refractivity contribution < 1.29 is 18.3 Å². The van der Waals surface area contributed by atoms with Crippen molar-refractivity contribution in [3.05, 3.63) is 23.8 Å². The maximum Gasteiger partial charge on any atom is 0.244 e. The number of methoxy groups -OCH3 is 1. The van der Waals surface area contributed by atoms with E-state index in [1.54, 1.807) is 12.1 Å². The first-order chi connectivity index (χ1) is 9.08.